The number of primary amides is 1. The van der Waals surface area contributed by atoms with Gasteiger partial charge < -0.3 is 15.0 Å². The Morgan fingerprint density at radius 2 is 1.97 bits per heavy atom. The second kappa shape index (κ2) is 11.3. The third kappa shape index (κ3) is 5.77. The van der Waals surface area contributed by atoms with E-state index in [0.717, 1.165) is 12.1 Å². The molecular weight excluding hydrogens is 524 g/mol. The first-order valence-electron chi connectivity index (χ1n) is 13.0. The number of ether oxygens (including phenoxy) is 1. The molecule has 0 radical (unpaired) electrons. The topological polar surface area (TPSA) is 158 Å². The summed E-state index contributed by atoms with van der Waals surface area (Å²) in [5.41, 5.74) is 8.03. The number of carbonyl (C=O) groups excluding carboxylic acids is 2. The van der Waals surface area contributed by atoms with E-state index < -0.39 is 16.1 Å². The highest BCUT2D eigenvalue weighted by Crippen LogP contribution is 2.32. The first-order valence-corrected chi connectivity index (χ1v) is 14.4. The van der Waals surface area contributed by atoms with Gasteiger partial charge in [-0.2, -0.15) is 22.1 Å². The van der Waals surface area contributed by atoms with E-state index in [1.165, 1.54) is 22.7 Å². The minimum atomic E-state index is -3.50. The number of nitrogens with zero attached hydrogens (tertiary/aromatic N) is 6. The lowest BCUT2D eigenvalue weighted by Crippen LogP contribution is -2.38. The number of amides is 2. The van der Waals surface area contributed by atoms with Crippen LogP contribution < -0.4 is 15.8 Å². The number of anilines is 1. The smallest absolute Gasteiger partial charge is 0.281 e. The van der Waals surface area contributed by atoms with Crippen molar-refractivity contribution < 1.29 is 22.7 Å². The number of aromatic nitrogens is 4. The zero-order valence-electron chi connectivity index (χ0n) is 23.0. The van der Waals surface area contributed by atoms with Crippen molar-refractivity contribution >= 4 is 39.0 Å². The number of hydrogen-bond acceptors (Lipinski definition) is 7. The molecule has 2 aromatic heterocycles. The number of carbonyl (C=O) groups is 2. The molecule has 3 aromatic rings. The number of imidazole rings is 1. The molecule has 2 amide bonds. The van der Waals surface area contributed by atoms with E-state index in [9.17, 15) is 18.0 Å². The number of rotatable bonds is 11. The molecule has 4 rings (SSSR count). The molecule has 1 fully saturated rings. The summed E-state index contributed by atoms with van der Waals surface area (Å²) in [5, 5.41) is 7.24. The molecule has 39 heavy (non-hydrogen) atoms. The molecule has 1 aliphatic rings. The Bertz CT molecular complexity index is 1490. The molecule has 212 valence electrons. The largest absolute Gasteiger partial charge is 0.491 e. The van der Waals surface area contributed by atoms with Gasteiger partial charge in [-0.3, -0.25) is 19.6 Å². The third-order valence-electron chi connectivity index (χ3n) is 6.71. The maximum Gasteiger partial charge on any atom is 0.281 e. The average Bonchev–Trinajstić information content (AvgIpc) is 3.60. The lowest BCUT2D eigenvalue weighted by atomic mass is 10.1. The van der Waals surface area contributed by atoms with Gasteiger partial charge in [0.25, 0.3) is 16.1 Å². The molecule has 0 bridgehead atoms. The summed E-state index contributed by atoms with van der Waals surface area (Å²) in [6, 6.07) is 4.86. The fourth-order valence-electron chi connectivity index (χ4n) is 4.74. The van der Waals surface area contributed by atoms with E-state index in [-0.39, 0.29) is 24.0 Å². The highest BCUT2D eigenvalue weighted by molar-refractivity contribution is 7.86. The summed E-state index contributed by atoms with van der Waals surface area (Å²) in [6.07, 6.45) is 1.39. The summed E-state index contributed by atoms with van der Waals surface area (Å²) < 4.78 is 37.3. The van der Waals surface area contributed by atoms with Gasteiger partial charge in [0.1, 0.15) is 17.0 Å². The maximum atomic E-state index is 13.2. The van der Waals surface area contributed by atoms with E-state index in [2.05, 4.69) is 15.4 Å². The lowest BCUT2D eigenvalue weighted by Gasteiger charge is -2.21. The number of aryl methyl sites for hydroxylation is 3. The standard InChI is InChI=1S/C25H36N8O5S/c1-6-9-32-22-19(27-25(32)28-24(35)20-11-16(3)29-33(20)7-2)12-18(23(26)34)13-21(22)38-15-17-8-10-31(14-17)39(36,37)30(4)5/h11-13,17H,6-10,14-15H2,1-5H3,(H2,26,34)(H,27,28,35). The molecule has 1 saturated heterocycles. The highest BCUT2D eigenvalue weighted by atomic mass is 32.2. The molecular formula is C25H36N8O5S. The molecule has 1 atom stereocenters. The van der Waals surface area contributed by atoms with Crippen molar-refractivity contribution in [3.05, 3.63) is 35.2 Å². The van der Waals surface area contributed by atoms with Gasteiger partial charge in [0.15, 0.2) is 0 Å². The third-order valence-corrected chi connectivity index (χ3v) is 8.62. The van der Waals surface area contributed by atoms with Crippen LogP contribution in [0.3, 0.4) is 0 Å². The highest BCUT2D eigenvalue weighted by Gasteiger charge is 2.33. The Morgan fingerprint density at radius 1 is 1.23 bits per heavy atom. The molecule has 1 unspecified atom stereocenters. The molecule has 3 heterocycles. The number of nitrogens with two attached hydrogens (primary N) is 1. The molecule has 0 saturated carbocycles. The van der Waals surface area contributed by atoms with Gasteiger partial charge in [-0.05, 0) is 44.9 Å². The zero-order valence-corrected chi connectivity index (χ0v) is 23.8. The van der Waals surface area contributed by atoms with Crippen LogP contribution in [0.2, 0.25) is 0 Å². The Kier molecular flexibility index (Phi) is 8.28. The second-order valence-electron chi connectivity index (χ2n) is 9.85. The van der Waals surface area contributed by atoms with E-state index in [4.69, 9.17) is 10.5 Å². The number of nitrogens with one attached hydrogen (secondary N) is 1. The minimum Gasteiger partial charge on any atom is -0.491 e. The van der Waals surface area contributed by atoms with Crippen LogP contribution in [0.15, 0.2) is 18.2 Å². The van der Waals surface area contributed by atoms with Gasteiger partial charge in [-0.15, -0.1) is 0 Å². The van der Waals surface area contributed by atoms with Gasteiger partial charge in [0, 0.05) is 51.8 Å². The van der Waals surface area contributed by atoms with E-state index in [1.54, 1.807) is 22.9 Å². The van der Waals surface area contributed by atoms with Crippen LogP contribution in [0.5, 0.6) is 5.75 Å². The summed E-state index contributed by atoms with van der Waals surface area (Å²) in [5.74, 6) is -0.314. The van der Waals surface area contributed by atoms with E-state index in [0.29, 0.717) is 61.0 Å². The van der Waals surface area contributed by atoms with Gasteiger partial charge in [-0.25, -0.2) is 4.98 Å². The van der Waals surface area contributed by atoms with Crippen LogP contribution in [0.4, 0.5) is 5.95 Å². The number of fused-ring (bicyclic) bond motifs is 1. The van der Waals surface area contributed by atoms with E-state index >= 15 is 0 Å². The maximum absolute atomic E-state index is 13.2. The number of benzene rings is 1. The van der Waals surface area contributed by atoms with Crippen molar-refractivity contribution in [1.29, 1.82) is 0 Å². The molecule has 1 aromatic carbocycles. The van der Waals surface area contributed by atoms with Crippen molar-refractivity contribution in [2.75, 3.05) is 39.1 Å². The summed E-state index contributed by atoms with van der Waals surface area (Å²) in [7, 11) is -0.489. The predicted octanol–water partition coefficient (Wildman–Crippen LogP) is 1.83. The first kappa shape index (κ1) is 28.5. The molecule has 3 N–H and O–H groups in total. The average molecular weight is 561 g/mol. The van der Waals surface area contributed by atoms with E-state index in [1.807, 2.05) is 25.3 Å². The lowest BCUT2D eigenvalue weighted by molar-refractivity contribution is 0.0995. The molecule has 14 heteroatoms. The van der Waals surface area contributed by atoms with Crippen LogP contribution in [-0.2, 0) is 23.3 Å². The van der Waals surface area contributed by atoms with Gasteiger partial charge >= 0.3 is 0 Å². The molecule has 0 spiro atoms. The quantitative estimate of drug-likeness (QED) is 0.362. The minimum absolute atomic E-state index is 0.0358. The number of hydrogen-bond donors (Lipinski definition) is 2. The van der Waals surface area contributed by atoms with Crippen LogP contribution in [0.1, 0.15) is 53.2 Å². The summed E-state index contributed by atoms with van der Waals surface area (Å²) in [6.45, 7) is 7.78. The Labute approximate surface area is 228 Å². The fourth-order valence-corrected chi connectivity index (χ4v) is 5.93. The molecule has 1 aliphatic heterocycles. The van der Waals surface area contributed by atoms with Crippen LogP contribution in [0, 0.1) is 12.8 Å². The van der Waals surface area contributed by atoms with Crippen molar-refractivity contribution in [2.24, 2.45) is 11.7 Å². The monoisotopic (exact) mass is 560 g/mol. The summed E-state index contributed by atoms with van der Waals surface area (Å²) >= 11 is 0. The van der Waals surface area contributed by atoms with Crippen LogP contribution in [0.25, 0.3) is 11.0 Å². The van der Waals surface area contributed by atoms with Crippen molar-refractivity contribution in [3.8, 4) is 5.75 Å². The SMILES string of the molecule is CCCn1c(NC(=O)c2cc(C)nn2CC)nc2cc(C(N)=O)cc(OCC3CCN(S(=O)(=O)N(C)C)C3)c21. The zero-order chi connectivity index (χ0) is 28.5. The first-order chi connectivity index (χ1) is 18.5. The van der Waals surface area contributed by atoms with Crippen molar-refractivity contribution in [1.82, 2.24) is 27.9 Å². The molecule has 0 aliphatic carbocycles. The fraction of sp³-hybridized carbons (Fsp3) is 0.520. The normalized spacial score (nSPS) is 16.3. The Balaban J connectivity index is 1.66. The van der Waals surface area contributed by atoms with Gasteiger partial charge in [0.2, 0.25) is 11.9 Å². The van der Waals surface area contributed by atoms with Crippen molar-refractivity contribution in [2.45, 2.75) is 46.7 Å². The second-order valence-corrected chi connectivity index (χ2v) is 12.0. The Morgan fingerprint density at radius 3 is 2.62 bits per heavy atom. The summed E-state index contributed by atoms with van der Waals surface area (Å²) in [4.78, 5) is 29.9. The van der Waals surface area contributed by atoms with Crippen LogP contribution in [-0.4, -0.2) is 82.0 Å². The van der Waals surface area contributed by atoms with Crippen molar-refractivity contribution in [3.63, 3.8) is 0 Å². The predicted molar refractivity (Wildman–Crippen MR) is 147 cm³/mol. The van der Waals surface area contributed by atoms with Crippen LogP contribution >= 0.6 is 0 Å². The molecule has 13 nitrogen and oxygen atoms in total. The van der Waals surface area contributed by atoms with Gasteiger partial charge in [-0.1, -0.05) is 6.92 Å². The Hall–Kier alpha value is -3.49. The van der Waals surface area contributed by atoms with Gasteiger partial charge in [0.05, 0.1) is 17.8 Å².